The summed E-state index contributed by atoms with van der Waals surface area (Å²) < 4.78 is 62.5. The van der Waals surface area contributed by atoms with Crippen molar-refractivity contribution in [3.8, 4) is 5.75 Å². The number of rotatable bonds is 5. The number of unbranched alkanes of at least 4 members (excludes halogenated alkanes) is 1. The van der Waals surface area contributed by atoms with Gasteiger partial charge in [-0.25, -0.2) is 8.42 Å². The summed E-state index contributed by atoms with van der Waals surface area (Å²) in [6.07, 6.45) is -3.58. The molecule has 0 saturated carbocycles. The van der Waals surface area contributed by atoms with Gasteiger partial charge in [-0.1, -0.05) is 13.3 Å². The Morgan fingerprint density at radius 3 is 2.47 bits per heavy atom. The fourth-order valence-corrected chi connectivity index (χ4v) is 2.62. The van der Waals surface area contributed by atoms with E-state index in [-0.39, 0.29) is 5.75 Å². The van der Waals surface area contributed by atoms with Gasteiger partial charge in [-0.3, -0.25) is 4.72 Å². The lowest BCUT2D eigenvalue weighted by atomic mass is 10.2. The number of nitrogens with one attached hydrogen (secondary N) is 1. The molecular weight excluding hydrogens is 283 g/mol. The summed E-state index contributed by atoms with van der Waals surface area (Å²) in [5.41, 5.74) is -1.50. The van der Waals surface area contributed by atoms with Gasteiger partial charge in [-0.15, -0.1) is 0 Å². The number of alkyl halides is 3. The van der Waals surface area contributed by atoms with E-state index in [0.717, 1.165) is 6.07 Å². The van der Waals surface area contributed by atoms with Crippen LogP contribution in [0, 0.1) is 0 Å². The molecule has 0 bridgehead atoms. The maximum absolute atomic E-state index is 12.5. The van der Waals surface area contributed by atoms with Crippen LogP contribution in [0.1, 0.15) is 25.3 Å². The Labute approximate surface area is 109 Å². The summed E-state index contributed by atoms with van der Waals surface area (Å²) >= 11 is 0. The lowest BCUT2D eigenvalue weighted by Crippen LogP contribution is -2.17. The van der Waals surface area contributed by atoms with Crippen molar-refractivity contribution < 1.29 is 26.7 Å². The number of anilines is 1. The fraction of sp³-hybridized carbons (Fsp3) is 0.455. The van der Waals surface area contributed by atoms with Gasteiger partial charge in [0.25, 0.3) is 0 Å². The third kappa shape index (κ3) is 4.62. The largest absolute Gasteiger partial charge is 0.506 e. The standard InChI is InChI=1S/C11H14F3NO3S/c1-2-3-6-19(17,18)15-9-7-8(11(12,13)14)4-5-10(9)16/h4-5,7,15-16H,2-3,6H2,1H3. The number of benzene rings is 1. The van der Waals surface area contributed by atoms with Gasteiger partial charge in [0.1, 0.15) is 5.75 Å². The maximum atomic E-state index is 12.5. The number of hydrogen-bond donors (Lipinski definition) is 2. The summed E-state index contributed by atoms with van der Waals surface area (Å²) in [6, 6.07) is 2.05. The van der Waals surface area contributed by atoms with E-state index < -0.39 is 33.2 Å². The van der Waals surface area contributed by atoms with Crippen LogP contribution < -0.4 is 4.72 Å². The molecule has 1 aromatic carbocycles. The van der Waals surface area contributed by atoms with Crippen molar-refractivity contribution in [2.45, 2.75) is 25.9 Å². The van der Waals surface area contributed by atoms with Gasteiger partial charge in [0.2, 0.25) is 10.0 Å². The molecule has 108 valence electrons. The van der Waals surface area contributed by atoms with Crippen LogP contribution in [-0.4, -0.2) is 19.3 Å². The highest BCUT2D eigenvalue weighted by atomic mass is 32.2. The number of sulfonamides is 1. The molecule has 4 nitrogen and oxygen atoms in total. The Morgan fingerprint density at radius 2 is 1.95 bits per heavy atom. The SMILES string of the molecule is CCCCS(=O)(=O)Nc1cc(C(F)(F)F)ccc1O. The first-order valence-corrected chi connectivity index (χ1v) is 7.21. The number of aromatic hydroxyl groups is 1. The lowest BCUT2D eigenvalue weighted by Gasteiger charge is -2.12. The predicted octanol–water partition coefficient (Wildman–Crippen LogP) is 2.95. The van der Waals surface area contributed by atoms with Crippen molar-refractivity contribution in [2.75, 3.05) is 10.5 Å². The summed E-state index contributed by atoms with van der Waals surface area (Å²) in [4.78, 5) is 0. The zero-order chi connectivity index (χ0) is 14.7. The van der Waals surface area contributed by atoms with Crippen LogP contribution in [0.5, 0.6) is 5.75 Å². The van der Waals surface area contributed by atoms with Crippen molar-refractivity contribution in [3.05, 3.63) is 23.8 Å². The van der Waals surface area contributed by atoms with E-state index in [0.29, 0.717) is 25.0 Å². The molecule has 0 amide bonds. The quantitative estimate of drug-likeness (QED) is 0.821. The highest BCUT2D eigenvalue weighted by molar-refractivity contribution is 7.92. The Hall–Kier alpha value is -1.44. The van der Waals surface area contributed by atoms with Gasteiger partial charge in [0.15, 0.2) is 0 Å². The average Bonchev–Trinajstić information content (AvgIpc) is 2.28. The Balaban J connectivity index is 3.01. The molecule has 0 atom stereocenters. The Kier molecular flexibility index (Phi) is 4.67. The Bertz CT molecular complexity index is 541. The summed E-state index contributed by atoms with van der Waals surface area (Å²) in [6.45, 7) is 1.79. The third-order valence-corrected chi connectivity index (χ3v) is 3.71. The monoisotopic (exact) mass is 297 g/mol. The van der Waals surface area contributed by atoms with E-state index in [1.807, 2.05) is 4.72 Å². The second-order valence-electron chi connectivity index (χ2n) is 4.00. The predicted molar refractivity (Wildman–Crippen MR) is 65.4 cm³/mol. The second-order valence-corrected chi connectivity index (χ2v) is 5.85. The molecule has 19 heavy (non-hydrogen) atoms. The molecule has 0 heterocycles. The molecule has 8 heteroatoms. The highest BCUT2D eigenvalue weighted by Crippen LogP contribution is 2.34. The molecule has 0 aliphatic heterocycles. The van der Waals surface area contributed by atoms with Crippen LogP contribution in [-0.2, 0) is 16.2 Å². The lowest BCUT2D eigenvalue weighted by molar-refractivity contribution is -0.137. The first-order chi connectivity index (χ1) is 8.65. The van der Waals surface area contributed by atoms with Crippen LogP contribution in [0.2, 0.25) is 0 Å². The van der Waals surface area contributed by atoms with Gasteiger partial charge < -0.3 is 5.11 Å². The van der Waals surface area contributed by atoms with Gasteiger partial charge >= 0.3 is 6.18 Å². The van der Waals surface area contributed by atoms with Gasteiger partial charge in [0, 0.05) is 0 Å². The fourth-order valence-electron chi connectivity index (χ4n) is 1.35. The first kappa shape index (κ1) is 15.6. The number of halogens is 3. The molecule has 1 aromatic rings. The molecule has 0 aliphatic rings. The molecule has 2 N–H and O–H groups in total. The van der Waals surface area contributed by atoms with Crippen LogP contribution >= 0.6 is 0 Å². The molecule has 0 saturated heterocycles. The summed E-state index contributed by atoms with van der Waals surface area (Å²) in [5, 5.41) is 9.40. The zero-order valence-corrected chi connectivity index (χ0v) is 11.0. The van der Waals surface area contributed by atoms with E-state index in [9.17, 15) is 26.7 Å². The molecule has 1 rings (SSSR count). The average molecular weight is 297 g/mol. The summed E-state index contributed by atoms with van der Waals surface area (Å²) in [7, 11) is -3.76. The van der Waals surface area contributed by atoms with E-state index >= 15 is 0 Å². The minimum absolute atomic E-state index is 0.209. The second kappa shape index (κ2) is 5.68. The van der Waals surface area contributed by atoms with Crippen molar-refractivity contribution in [2.24, 2.45) is 0 Å². The number of phenols is 1. The van der Waals surface area contributed by atoms with E-state index in [4.69, 9.17) is 0 Å². The third-order valence-electron chi connectivity index (χ3n) is 2.36. The van der Waals surface area contributed by atoms with Crippen LogP contribution in [0.25, 0.3) is 0 Å². The zero-order valence-electron chi connectivity index (χ0n) is 10.2. The minimum Gasteiger partial charge on any atom is -0.506 e. The first-order valence-electron chi connectivity index (χ1n) is 5.56. The molecule has 0 aliphatic carbocycles. The van der Waals surface area contributed by atoms with E-state index in [1.54, 1.807) is 6.92 Å². The van der Waals surface area contributed by atoms with Gasteiger partial charge in [0.05, 0.1) is 17.0 Å². The number of phenolic OH excluding ortho intramolecular Hbond substituents is 1. The van der Waals surface area contributed by atoms with E-state index in [2.05, 4.69) is 0 Å². The van der Waals surface area contributed by atoms with Crippen LogP contribution in [0.15, 0.2) is 18.2 Å². The van der Waals surface area contributed by atoms with Crippen molar-refractivity contribution in [3.63, 3.8) is 0 Å². The maximum Gasteiger partial charge on any atom is 0.416 e. The normalized spacial score (nSPS) is 12.4. The van der Waals surface area contributed by atoms with Crippen molar-refractivity contribution >= 4 is 15.7 Å². The topological polar surface area (TPSA) is 66.4 Å². The van der Waals surface area contributed by atoms with Crippen molar-refractivity contribution in [1.82, 2.24) is 0 Å². The number of hydrogen-bond acceptors (Lipinski definition) is 3. The minimum atomic E-state index is -4.60. The summed E-state index contributed by atoms with van der Waals surface area (Å²) in [5.74, 6) is -0.757. The smallest absolute Gasteiger partial charge is 0.416 e. The Morgan fingerprint density at radius 1 is 1.32 bits per heavy atom. The van der Waals surface area contributed by atoms with E-state index in [1.165, 1.54) is 0 Å². The van der Waals surface area contributed by atoms with Crippen LogP contribution in [0.4, 0.5) is 18.9 Å². The molecular formula is C11H14F3NO3S. The van der Waals surface area contributed by atoms with Crippen molar-refractivity contribution in [1.29, 1.82) is 0 Å². The molecule has 0 spiro atoms. The molecule has 0 aromatic heterocycles. The molecule has 0 radical (unpaired) electrons. The van der Waals surface area contributed by atoms with Gasteiger partial charge in [-0.2, -0.15) is 13.2 Å². The highest BCUT2D eigenvalue weighted by Gasteiger charge is 2.31. The molecule has 0 unspecified atom stereocenters. The molecule has 0 fully saturated rings. The van der Waals surface area contributed by atoms with Gasteiger partial charge in [-0.05, 0) is 24.6 Å². The van der Waals surface area contributed by atoms with Crippen LogP contribution in [0.3, 0.4) is 0 Å².